The van der Waals surface area contributed by atoms with Crippen LogP contribution in [0.3, 0.4) is 0 Å². The van der Waals surface area contributed by atoms with Crippen molar-refractivity contribution in [3.63, 3.8) is 0 Å². The van der Waals surface area contributed by atoms with Gasteiger partial charge in [0.1, 0.15) is 0 Å². The van der Waals surface area contributed by atoms with Crippen molar-refractivity contribution in [3.05, 3.63) is 24.3 Å². The Kier molecular flexibility index (Phi) is 82.3. The summed E-state index contributed by atoms with van der Waals surface area (Å²) in [5.74, 6) is -0.00708. The maximum absolute atomic E-state index is 12.6. The highest BCUT2D eigenvalue weighted by Gasteiger charge is 2.20. The Morgan fingerprint density at radius 2 is 0.532 bits per heavy atom. The predicted octanol–water partition coefficient (Wildman–Crippen LogP) is 29.2. The molecule has 6 nitrogen and oxygen atoms in total. The maximum atomic E-state index is 12.6. The van der Waals surface area contributed by atoms with Crippen molar-refractivity contribution in [2.45, 2.75) is 514 Å². The number of rotatable bonds is 83. The summed E-state index contributed by atoms with van der Waals surface area (Å²) in [5.41, 5.74) is 0. The second-order valence-corrected chi connectivity index (χ2v) is 30.2. The summed E-state index contributed by atoms with van der Waals surface area (Å²) in [6.45, 7) is 4.99. The first-order valence-corrected chi connectivity index (χ1v) is 43.6. The van der Waals surface area contributed by atoms with Gasteiger partial charge in [-0.15, -0.1) is 0 Å². The molecule has 0 bridgehead atoms. The fraction of sp³-hybridized carbons (Fsp3) is 0.932. The normalized spacial score (nSPS) is 12.5. The van der Waals surface area contributed by atoms with E-state index in [9.17, 15) is 19.8 Å². The molecule has 0 saturated heterocycles. The number of ether oxygens (including phenoxy) is 1. The van der Waals surface area contributed by atoms with Gasteiger partial charge >= 0.3 is 5.97 Å². The lowest BCUT2D eigenvalue weighted by Gasteiger charge is -2.22. The lowest BCUT2D eigenvalue weighted by atomic mass is 10.0. The van der Waals surface area contributed by atoms with E-state index >= 15 is 0 Å². The number of carbonyl (C=O) groups excluding carboxylic acids is 2. The third kappa shape index (κ3) is 79.3. The van der Waals surface area contributed by atoms with Crippen molar-refractivity contribution >= 4 is 11.9 Å². The Hall–Kier alpha value is -1.66. The van der Waals surface area contributed by atoms with Crippen LogP contribution in [0.25, 0.3) is 0 Å². The van der Waals surface area contributed by atoms with Gasteiger partial charge in [0.05, 0.1) is 25.4 Å². The highest BCUT2D eigenvalue weighted by Crippen LogP contribution is 2.21. The first-order chi connectivity index (χ1) is 46.5. The van der Waals surface area contributed by atoms with E-state index in [-0.39, 0.29) is 18.5 Å². The molecule has 94 heavy (non-hydrogen) atoms. The molecule has 0 aliphatic carbocycles. The second kappa shape index (κ2) is 83.8. The van der Waals surface area contributed by atoms with E-state index in [0.29, 0.717) is 25.9 Å². The summed E-state index contributed by atoms with van der Waals surface area (Å²) in [7, 11) is 0. The maximum Gasteiger partial charge on any atom is 0.305 e. The van der Waals surface area contributed by atoms with E-state index < -0.39 is 12.1 Å². The fourth-order valence-corrected chi connectivity index (χ4v) is 14.1. The number of allylic oxidation sites excluding steroid dienone is 4. The van der Waals surface area contributed by atoms with Gasteiger partial charge in [-0.25, -0.2) is 0 Å². The van der Waals surface area contributed by atoms with Crippen molar-refractivity contribution < 1.29 is 24.5 Å². The van der Waals surface area contributed by atoms with Crippen molar-refractivity contribution in [2.24, 2.45) is 0 Å². The topological polar surface area (TPSA) is 95.9 Å². The monoisotopic (exact) mass is 1320 g/mol. The first-order valence-electron chi connectivity index (χ1n) is 43.6. The molecule has 0 spiro atoms. The smallest absolute Gasteiger partial charge is 0.305 e. The van der Waals surface area contributed by atoms with Crippen LogP contribution in [0, 0.1) is 0 Å². The van der Waals surface area contributed by atoms with Gasteiger partial charge in [0.2, 0.25) is 5.91 Å². The van der Waals surface area contributed by atoms with Crippen LogP contribution in [0.15, 0.2) is 24.3 Å². The number of carbonyl (C=O) groups is 2. The zero-order chi connectivity index (χ0) is 67.7. The second-order valence-electron chi connectivity index (χ2n) is 30.2. The van der Waals surface area contributed by atoms with E-state index in [2.05, 4.69) is 43.5 Å². The Bertz CT molecular complexity index is 1480. The average molecular weight is 1320 g/mol. The molecule has 0 rings (SSSR count). The van der Waals surface area contributed by atoms with Gasteiger partial charge in [-0.05, 0) is 57.8 Å². The van der Waals surface area contributed by atoms with Crippen LogP contribution in [-0.4, -0.2) is 47.4 Å². The molecule has 2 unspecified atom stereocenters. The summed E-state index contributed by atoms with van der Waals surface area (Å²) in [5, 5.41) is 23.5. The number of aliphatic hydroxyl groups is 2. The Labute approximate surface area is 590 Å². The molecule has 6 heteroatoms. The van der Waals surface area contributed by atoms with E-state index in [1.807, 2.05) is 0 Å². The largest absolute Gasteiger partial charge is 0.466 e. The van der Waals surface area contributed by atoms with Crippen LogP contribution < -0.4 is 5.32 Å². The molecule has 0 aromatic carbocycles. The number of nitrogens with one attached hydrogen (secondary N) is 1. The van der Waals surface area contributed by atoms with Crippen LogP contribution in [0.5, 0.6) is 0 Å². The summed E-state index contributed by atoms with van der Waals surface area (Å²) in [6.07, 6.45) is 109. The molecule has 0 aromatic rings. The molecule has 0 aromatic heterocycles. The molecule has 0 aliphatic heterocycles. The summed E-state index contributed by atoms with van der Waals surface area (Å²) in [4.78, 5) is 24.7. The standard InChI is InChI=1S/C88H171NO5/c1-3-5-7-9-11-13-15-17-19-21-22-23-24-36-39-42-45-49-52-56-60-64-68-72-76-80-86(91)85(84-90)89-87(92)81-77-73-69-65-61-57-53-50-46-43-40-37-34-32-30-28-26-25-27-29-31-33-35-38-41-44-47-51-55-59-63-67-71-75-79-83-94-88(93)82-78-74-70-66-62-58-54-48-20-18-16-14-12-10-8-6-4-2/h12,14,18,20,85-86,90-91H,3-11,13,15-17,19,21-84H2,1-2H3,(H,89,92)/b14-12-,20-18-. The van der Waals surface area contributed by atoms with Gasteiger partial charge in [-0.1, -0.05) is 456 Å². The molecular weight excluding hydrogens is 1150 g/mol. The third-order valence-electron chi connectivity index (χ3n) is 20.8. The third-order valence-corrected chi connectivity index (χ3v) is 20.8. The van der Waals surface area contributed by atoms with Crippen molar-refractivity contribution in [1.29, 1.82) is 0 Å². The lowest BCUT2D eigenvalue weighted by molar-refractivity contribution is -0.143. The zero-order valence-corrected chi connectivity index (χ0v) is 64.2. The van der Waals surface area contributed by atoms with E-state index in [4.69, 9.17) is 4.74 Å². The van der Waals surface area contributed by atoms with Crippen LogP contribution in [0.4, 0.5) is 0 Å². The number of amides is 1. The Morgan fingerprint density at radius 1 is 0.298 bits per heavy atom. The van der Waals surface area contributed by atoms with Crippen molar-refractivity contribution in [3.8, 4) is 0 Å². The van der Waals surface area contributed by atoms with Crippen molar-refractivity contribution in [1.82, 2.24) is 5.32 Å². The van der Waals surface area contributed by atoms with Gasteiger partial charge in [0.15, 0.2) is 0 Å². The summed E-state index contributed by atoms with van der Waals surface area (Å²) < 4.78 is 5.51. The lowest BCUT2D eigenvalue weighted by Crippen LogP contribution is -2.45. The number of hydrogen-bond acceptors (Lipinski definition) is 5. The molecule has 1 amide bonds. The number of hydrogen-bond donors (Lipinski definition) is 3. The quantitative estimate of drug-likeness (QED) is 0.0320. The molecule has 3 N–H and O–H groups in total. The fourth-order valence-electron chi connectivity index (χ4n) is 14.1. The van der Waals surface area contributed by atoms with Gasteiger partial charge < -0.3 is 20.3 Å². The van der Waals surface area contributed by atoms with Gasteiger partial charge in [0.25, 0.3) is 0 Å². The van der Waals surface area contributed by atoms with E-state index in [1.165, 1.54) is 417 Å². The van der Waals surface area contributed by atoms with Crippen LogP contribution >= 0.6 is 0 Å². The SMILES string of the molecule is CCCCC/C=C\C/C=C\CCCCCCCCCC(=O)OCCCCCCCCCCCCCCCCCCCCCCCCCCCCCCCCCCCCCC(=O)NC(CO)C(O)CCCCCCCCCCCCCCCCCCCCCCCCCCC. The highest BCUT2D eigenvalue weighted by atomic mass is 16.5. The molecule has 0 aliphatic rings. The van der Waals surface area contributed by atoms with Crippen LogP contribution in [0.2, 0.25) is 0 Å². The average Bonchev–Trinajstić information content (AvgIpc) is 3.67. The molecule has 0 fully saturated rings. The van der Waals surface area contributed by atoms with Crippen molar-refractivity contribution in [2.75, 3.05) is 13.2 Å². The van der Waals surface area contributed by atoms with Crippen LogP contribution in [0.1, 0.15) is 502 Å². The van der Waals surface area contributed by atoms with Gasteiger partial charge in [0, 0.05) is 12.8 Å². The summed E-state index contributed by atoms with van der Waals surface area (Å²) >= 11 is 0. The minimum Gasteiger partial charge on any atom is -0.466 e. The summed E-state index contributed by atoms with van der Waals surface area (Å²) in [6, 6.07) is -0.539. The molecular formula is C88H171NO5. The molecule has 0 radical (unpaired) electrons. The minimum atomic E-state index is -0.662. The molecule has 2 atom stereocenters. The van der Waals surface area contributed by atoms with Crippen LogP contribution in [-0.2, 0) is 14.3 Å². The van der Waals surface area contributed by atoms with E-state index in [0.717, 1.165) is 51.4 Å². The Balaban J connectivity index is 3.31. The number of esters is 1. The molecule has 0 saturated carbocycles. The highest BCUT2D eigenvalue weighted by molar-refractivity contribution is 5.76. The minimum absolute atomic E-state index is 0.0160. The molecule has 0 heterocycles. The van der Waals surface area contributed by atoms with Gasteiger partial charge in [-0.3, -0.25) is 9.59 Å². The zero-order valence-electron chi connectivity index (χ0n) is 64.2. The van der Waals surface area contributed by atoms with E-state index in [1.54, 1.807) is 0 Å². The number of unbranched alkanes of at least 4 members (excludes halogenated alkanes) is 68. The number of aliphatic hydroxyl groups excluding tert-OH is 2. The Morgan fingerprint density at radius 3 is 0.830 bits per heavy atom. The first kappa shape index (κ1) is 92.3. The molecule has 558 valence electrons. The van der Waals surface area contributed by atoms with Gasteiger partial charge in [-0.2, -0.15) is 0 Å². The predicted molar refractivity (Wildman–Crippen MR) is 417 cm³/mol.